The molecule has 0 heterocycles. The van der Waals surface area contributed by atoms with E-state index in [1.165, 1.54) is 55.3 Å². The first-order valence-corrected chi connectivity index (χ1v) is 19.8. The molecule has 0 amide bonds. The van der Waals surface area contributed by atoms with E-state index in [4.69, 9.17) is 0 Å². The van der Waals surface area contributed by atoms with Gasteiger partial charge in [-0.1, -0.05) is 163 Å². The van der Waals surface area contributed by atoms with Crippen LogP contribution in [-0.2, 0) is 5.41 Å². The molecule has 0 aromatic heterocycles. The maximum atomic E-state index is 2.50. The van der Waals surface area contributed by atoms with Crippen LogP contribution in [0.4, 0.5) is 34.1 Å². The van der Waals surface area contributed by atoms with Crippen LogP contribution < -0.4 is 9.80 Å². The third kappa shape index (κ3) is 5.72. The SMILES string of the molecule is Cc1ccc(N(c2ccccc2)c2ccc3c(c2)C(c2ccccc2)(c2ccccc2)c2cc(N(c4ccccc4)c4ccc(C)cc4)c4ccccc4c2-3)cc1. The number of rotatable bonds is 8. The molecule has 0 aliphatic heterocycles. The molecule has 0 saturated carbocycles. The van der Waals surface area contributed by atoms with Gasteiger partial charge in [-0.25, -0.2) is 0 Å². The second kappa shape index (κ2) is 14.2. The summed E-state index contributed by atoms with van der Waals surface area (Å²) in [6, 6.07) is 80.2. The molecule has 0 N–H and O–H groups in total. The molecule has 272 valence electrons. The number of anilines is 6. The molecular formula is C55H42N2. The fourth-order valence-corrected chi connectivity index (χ4v) is 9.05. The Morgan fingerprint density at radius 3 is 1.30 bits per heavy atom. The fourth-order valence-electron chi connectivity index (χ4n) is 9.05. The average Bonchev–Trinajstić information content (AvgIpc) is 3.57. The molecule has 0 spiro atoms. The van der Waals surface area contributed by atoms with Gasteiger partial charge in [0.1, 0.15) is 0 Å². The Morgan fingerprint density at radius 2 is 0.754 bits per heavy atom. The molecule has 0 atom stereocenters. The Balaban J connectivity index is 1.33. The van der Waals surface area contributed by atoms with Crippen LogP contribution in [0.15, 0.2) is 218 Å². The summed E-state index contributed by atoms with van der Waals surface area (Å²) in [6.07, 6.45) is 0. The van der Waals surface area contributed by atoms with Crippen molar-refractivity contribution in [3.63, 3.8) is 0 Å². The summed E-state index contributed by atoms with van der Waals surface area (Å²) < 4.78 is 0. The topological polar surface area (TPSA) is 6.48 Å². The van der Waals surface area contributed by atoms with Crippen LogP contribution in [0.3, 0.4) is 0 Å². The predicted octanol–water partition coefficient (Wildman–Crippen LogP) is 14.8. The highest BCUT2D eigenvalue weighted by Crippen LogP contribution is 2.60. The minimum Gasteiger partial charge on any atom is -0.310 e. The molecule has 1 aliphatic carbocycles. The minimum atomic E-state index is -0.632. The van der Waals surface area contributed by atoms with Gasteiger partial charge >= 0.3 is 0 Å². The number of nitrogens with zero attached hydrogens (tertiary/aromatic N) is 2. The van der Waals surface area contributed by atoms with Crippen LogP contribution in [0.1, 0.15) is 33.4 Å². The number of hydrogen-bond acceptors (Lipinski definition) is 2. The number of hydrogen-bond donors (Lipinski definition) is 0. The molecule has 0 radical (unpaired) electrons. The zero-order valence-electron chi connectivity index (χ0n) is 32.2. The van der Waals surface area contributed by atoms with E-state index in [1.807, 2.05) is 0 Å². The van der Waals surface area contributed by atoms with E-state index >= 15 is 0 Å². The van der Waals surface area contributed by atoms with Gasteiger partial charge in [-0.3, -0.25) is 0 Å². The molecule has 1 aliphatic rings. The van der Waals surface area contributed by atoms with Crippen molar-refractivity contribution in [3.05, 3.63) is 252 Å². The first kappa shape index (κ1) is 34.3. The first-order valence-electron chi connectivity index (χ1n) is 19.8. The Bertz CT molecular complexity index is 2790. The van der Waals surface area contributed by atoms with Crippen molar-refractivity contribution in [3.8, 4) is 11.1 Å². The molecule has 10 rings (SSSR count). The van der Waals surface area contributed by atoms with Crippen molar-refractivity contribution >= 4 is 44.9 Å². The molecule has 0 saturated heterocycles. The molecule has 9 aromatic rings. The second-order valence-corrected chi connectivity index (χ2v) is 15.1. The molecule has 0 unspecified atom stereocenters. The van der Waals surface area contributed by atoms with Crippen molar-refractivity contribution in [2.75, 3.05) is 9.80 Å². The number of aryl methyl sites for hydroxylation is 2. The summed E-state index contributed by atoms with van der Waals surface area (Å²) in [5.74, 6) is 0. The molecule has 0 fully saturated rings. The van der Waals surface area contributed by atoms with Crippen molar-refractivity contribution in [1.29, 1.82) is 0 Å². The van der Waals surface area contributed by atoms with Crippen LogP contribution in [0, 0.1) is 13.8 Å². The highest BCUT2D eigenvalue weighted by molar-refractivity contribution is 6.11. The normalized spacial score (nSPS) is 12.5. The van der Waals surface area contributed by atoms with Crippen LogP contribution in [0.5, 0.6) is 0 Å². The van der Waals surface area contributed by atoms with Gasteiger partial charge in [-0.2, -0.15) is 0 Å². The fraction of sp³-hybridized carbons (Fsp3) is 0.0545. The smallest absolute Gasteiger partial charge is 0.0715 e. The third-order valence-electron chi connectivity index (χ3n) is 11.6. The number of para-hydroxylation sites is 2. The van der Waals surface area contributed by atoms with Gasteiger partial charge in [0, 0.05) is 33.8 Å². The lowest BCUT2D eigenvalue weighted by Gasteiger charge is -2.36. The predicted molar refractivity (Wildman–Crippen MR) is 240 cm³/mol. The van der Waals surface area contributed by atoms with Crippen molar-refractivity contribution in [2.45, 2.75) is 19.3 Å². The zero-order valence-corrected chi connectivity index (χ0v) is 32.2. The molecule has 2 nitrogen and oxygen atoms in total. The Kier molecular flexibility index (Phi) is 8.53. The van der Waals surface area contributed by atoms with Gasteiger partial charge in [0.05, 0.1) is 11.1 Å². The van der Waals surface area contributed by atoms with Crippen LogP contribution in [0.25, 0.3) is 21.9 Å². The quantitative estimate of drug-likeness (QED) is 0.154. The van der Waals surface area contributed by atoms with Crippen LogP contribution >= 0.6 is 0 Å². The standard InChI is InChI=1S/C55H42N2/c1-39-27-31-45(32-28-39)56(43-21-11-5-12-22-43)47-35-36-50-51(37-47)55(41-17-7-3-8-18-41,42-19-9-4-10-20-42)52-38-53(48-25-15-16-26-49(48)54(50)52)57(44-23-13-6-14-24-44)46-33-29-40(2)30-34-46/h3-38H,1-2H3. The molecule has 9 aromatic carbocycles. The summed E-state index contributed by atoms with van der Waals surface area (Å²) in [5.41, 5.74) is 16.1. The van der Waals surface area contributed by atoms with Crippen molar-refractivity contribution < 1.29 is 0 Å². The van der Waals surface area contributed by atoms with Crippen LogP contribution in [-0.4, -0.2) is 0 Å². The lowest BCUT2D eigenvalue weighted by atomic mass is 9.67. The van der Waals surface area contributed by atoms with E-state index in [0.29, 0.717) is 0 Å². The Labute approximate surface area is 335 Å². The second-order valence-electron chi connectivity index (χ2n) is 15.1. The maximum Gasteiger partial charge on any atom is 0.0715 e. The van der Waals surface area contributed by atoms with Gasteiger partial charge in [0.15, 0.2) is 0 Å². The Morgan fingerprint density at radius 1 is 0.333 bits per heavy atom. The zero-order chi connectivity index (χ0) is 38.3. The van der Waals surface area contributed by atoms with Gasteiger partial charge in [-0.05, 0) is 119 Å². The third-order valence-corrected chi connectivity index (χ3v) is 11.6. The summed E-state index contributed by atoms with van der Waals surface area (Å²) in [5, 5.41) is 2.44. The first-order chi connectivity index (χ1) is 28.1. The number of benzene rings is 9. The number of fused-ring (bicyclic) bond motifs is 5. The Hall–Kier alpha value is -7.16. The lowest BCUT2D eigenvalue weighted by Crippen LogP contribution is -2.29. The molecule has 0 bridgehead atoms. The van der Waals surface area contributed by atoms with E-state index in [-0.39, 0.29) is 0 Å². The maximum absolute atomic E-state index is 2.50. The summed E-state index contributed by atoms with van der Waals surface area (Å²) in [4.78, 5) is 4.83. The highest BCUT2D eigenvalue weighted by atomic mass is 15.1. The summed E-state index contributed by atoms with van der Waals surface area (Å²) >= 11 is 0. The summed E-state index contributed by atoms with van der Waals surface area (Å²) in [7, 11) is 0. The summed E-state index contributed by atoms with van der Waals surface area (Å²) in [6.45, 7) is 4.30. The molecule has 2 heteroatoms. The highest BCUT2D eigenvalue weighted by Gasteiger charge is 2.47. The average molecular weight is 731 g/mol. The monoisotopic (exact) mass is 730 g/mol. The minimum absolute atomic E-state index is 0.632. The molecule has 57 heavy (non-hydrogen) atoms. The van der Waals surface area contributed by atoms with Gasteiger partial charge in [0.2, 0.25) is 0 Å². The largest absolute Gasteiger partial charge is 0.310 e. The van der Waals surface area contributed by atoms with Crippen LogP contribution in [0.2, 0.25) is 0 Å². The lowest BCUT2D eigenvalue weighted by molar-refractivity contribution is 0.769. The molecular weight excluding hydrogens is 689 g/mol. The van der Waals surface area contributed by atoms with E-state index in [9.17, 15) is 0 Å². The van der Waals surface area contributed by atoms with Crippen molar-refractivity contribution in [2.24, 2.45) is 0 Å². The van der Waals surface area contributed by atoms with E-state index in [0.717, 1.165) is 34.1 Å². The van der Waals surface area contributed by atoms with Gasteiger partial charge in [-0.15, -0.1) is 0 Å². The van der Waals surface area contributed by atoms with Gasteiger partial charge in [0.25, 0.3) is 0 Å². The van der Waals surface area contributed by atoms with E-state index in [1.54, 1.807) is 0 Å². The van der Waals surface area contributed by atoms with Crippen molar-refractivity contribution in [1.82, 2.24) is 0 Å². The van der Waals surface area contributed by atoms with E-state index < -0.39 is 5.41 Å². The van der Waals surface area contributed by atoms with Gasteiger partial charge < -0.3 is 9.80 Å². The van der Waals surface area contributed by atoms with E-state index in [2.05, 4.69) is 242 Å².